The number of guanidine groups is 1. The molecule has 27 heavy (non-hydrogen) atoms. The molecule has 0 heterocycles. The van der Waals surface area contributed by atoms with Crippen molar-refractivity contribution in [1.29, 1.82) is 0 Å². The number of rotatable bonds is 11. The molecule has 0 atom stereocenters. The normalized spacial score (nSPS) is 12.9. The van der Waals surface area contributed by atoms with Gasteiger partial charge in [0.2, 0.25) is 10.0 Å². The monoisotopic (exact) mass is 400 g/mol. The lowest BCUT2D eigenvalue weighted by Crippen LogP contribution is -2.45. The van der Waals surface area contributed by atoms with Gasteiger partial charge in [-0.25, -0.2) is 18.1 Å². The van der Waals surface area contributed by atoms with Crippen molar-refractivity contribution in [1.82, 2.24) is 15.4 Å². The molecule has 0 spiro atoms. The van der Waals surface area contributed by atoms with Gasteiger partial charge in [0.05, 0.1) is 23.6 Å². The molecule has 0 amide bonds. The Labute approximate surface area is 162 Å². The summed E-state index contributed by atoms with van der Waals surface area (Å²) in [7, 11) is -0.374. The average molecular weight is 401 g/mol. The molecule has 0 aromatic heterocycles. The number of ether oxygens (including phenoxy) is 2. The second-order valence-corrected chi connectivity index (χ2v) is 8.32. The first-order valence-electron chi connectivity index (χ1n) is 8.89. The fraction of sp³-hybridized carbons (Fsp3) is 0.611. The fourth-order valence-electron chi connectivity index (χ4n) is 2.05. The molecule has 9 heteroatoms. The summed E-state index contributed by atoms with van der Waals surface area (Å²) in [6.07, 6.45) is 0. The van der Waals surface area contributed by atoms with Crippen LogP contribution in [0.1, 0.15) is 26.3 Å². The maximum Gasteiger partial charge on any atom is 0.240 e. The van der Waals surface area contributed by atoms with Crippen LogP contribution in [0.3, 0.4) is 0 Å². The third kappa shape index (κ3) is 8.70. The molecular formula is C18H32N4O4S. The first-order chi connectivity index (χ1) is 12.7. The van der Waals surface area contributed by atoms with Crippen molar-refractivity contribution in [2.45, 2.75) is 37.8 Å². The third-order valence-electron chi connectivity index (χ3n) is 3.81. The van der Waals surface area contributed by atoms with E-state index in [4.69, 9.17) is 9.47 Å². The first-order valence-corrected chi connectivity index (χ1v) is 10.4. The molecule has 0 aliphatic rings. The van der Waals surface area contributed by atoms with E-state index in [1.807, 2.05) is 26.8 Å². The lowest BCUT2D eigenvalue weighted by Gasteiger charge is -2.24. The van der Waals surface area contributed by atoms with Crippen LogP contribution in [0, 0.1) is 0 Å². The van der Waals surface area contributed by atoms with E-state index in [1.165, 1.54) is 7.11 Å². The van der Waals surface area contributed by atoms with Gasteiger partial charge in [0.15, 0.2) is 5.96 Å². The Morgan fingerprint density at radius 1 is 1.22 bits per heavy atom. The van der Waals surface area contributed by atoms with Gasteiger partial charge in [-0.15, -0.1) is 0 Å². The lowest BCUT2D eigenvalue weighted by atomic mass is 10.1. The Morgan fingerprint density at radius 2 is 1.96 bits per heavy atom. The average Bonchev–Trinajstić information content (AvgIpc) is 2.64. The highest BCUT2D eigenvalue weighted by Crippen LogP contribution is 2.12. The second-order valence-electron chi connectivity index (χ2n) is 6.55. The Balaban J connectivity index is 2.82. The van der Waals surface area contributed by atoms with Gasteiger partial charge >= 0.3 is 0 Å². The number of aliphatic imine (C=N–C) groups is 1. The second kappa shape index (κ2) is 11.2. The zero-order chi connectivity index (χ0) is 20.3. The van der Waals surface area contributed by atoms with Crippen LogP contribution in [0.4, 0.5) is 0 Å². The molecule has 1 aromatic carbocycles. The zero-order valence-electron chi connectivity index (χ0n) is 16.8. The molecule has 0 aliphatic heterocycles. The van der Waals surface area contributed by atoms with Crippen molar-refractivity contribution in [2.24, 2.45) is 4.99 Å². The molecule has 0 radical (unpaired) electrons. The Morgan fingerprint density at radius 3 is 2.59 bits per heavy atom. The number of benzene rings is 1. The number of hydrogen-bond donors (Lipinski definition) is 3. The highest BCUT2D eigenvalue weighted by atomic mass is 32.2. The topological polar surface area (TPSA) is 101 Å². The van der Waals surface area contributed by atoms with Gasteiger partial charge in [-0.1, -0.05) is 12.1 Å². The predicted molar refractivity (Wildman–Crippen MR) is 107 cm³/mol. The smallest absolute Gasteiger partial charge is 0.240 e. The molecular weight excluding hydrogens is 368 g/mol. The molecule has 0 saturated heterocycles. The van der Waals surface area contributed by atoms with Crippen LogP contribution in [0.2, 0.25) is 0 Å². The summed E-state index contributed by atoms with van der Waals surface area (Å²) < 4.78 is 37.4. The molecule has 1 aromatic rings. The summed E-state index contributed by atoms with van der Waals surface area (Å²) in [4.78, 5) is 4.74. The van der Waals surface area contributed by atoms with E-state index >= 15 is 0 Å². The molecule has 0 aliphatic carbocycles. The van der Waals surface area contributed by atoms with Crippen molar-refractivity contribution in [3.63, 3.8) is 0 Å². The van der Waals surface area contributed by atoms with Crippen molar-refractivity contribution >= 4 is 16.0 Å². The Bertz CT molecular complexity index is 705. The maximum atomic E-state index is 12.3. The van der Waals surface area contributed by atoms with E-state index in [9.17, 15) is 8.42 Å². The van der Waals surface area contributed by atoms with E-state index in [2.05, 4.69) is 20.3 Å². The molecule has 0 unspecified atom stereocenters. The van der Waals surface area contributed by atoms with Crippen LogP contribution in [-0.2, 0) is 26.0 Å². The number of nitrogens with one attached hydrogen (secondary N) is 3. The summed E-state index contributed by atoms with van der Waals surface area (Å²) in [5, 5.41) is 6.40. The molecule has 0 fully saturated rings. The Hall–Kier alpha value is -1.68. The van der Waals surface area contributed by atoms with Crippen LogP contribution in [0.25, 0.3) is 0 Å². The summed E-state index contributed by atoms with van der Waals surface area (Å²) in [5.41, 5.74) is 0.478. The first kappa shape index (κ1) is 23.4. The standard InChI is InChI=1S/C18H32N4O4S/c1-6-19-17(21-14-18(2,3)26-5)20-13-15-8-7-9-16(12-15)27(23,24)22-10-11-25-4/h7-9,12,22H,6,10-11,13-14H2,1-5H3,(H2,19,20,21). The summed E-state index contributed by atoms with van der Waals surface area (Å²) in [5.74, 6) is 0.647. The van der Waals surface area contributed by atoms with E-state index in [0.717, 1.165) is 12.1 Å². The number of nitrogens with zero attached hydrogens (tertiary/aromatic N) is 1. The van der Waals surface area contributed by atoms with Crippen LogP contribution >= 0.6 is 0 Å². The van der Waals surface area contributed by atoms with Crippen molar-refractivity contribution in [3.8, 4) is 0 Å². The Kier molecular flexibility index (Phi) is 9.71. The zero-order valence-corrected chi connectivity index (χ0v) is 17.6. The largest absolute Gasteiger partial charge is 0.383 e. The highest BCUT2D eigenvalue weighted by molar-refractivity contribution is 7.89. The summed E-state index contributed by atoms with van der Waals surface area (Å²) in [6, 6.07) is 6.75. The molecule has 154 valence electrons. The van der Waals surface area contributed by atoms with Gasteiger partial charge in [0.1, 0.15) is 0 Å². The fourth-order valence-corrected chi connectivity index (χ4v) is 3.14. The lowest BCUT2D eigenvalue weighted by molar-refractivity contribution is 0.0268. The summed E-state index contributed by atoms with van der Waals surface area (Å²) in [6.45, 7) is 8.15. The molecule has 0 saturated carbocycles. The molecule has 1 rings (SSSR count). The quantitative estimate of drug-likeness (QED) is 0.292. The van der Waals surface area contributed by atoms with Crippen LogP contribution in [0.5, 0.6) is 0 Å². The van der Waals surface area contributed by atoms with E-state index in [0.29, 0.717) is 25.7 Å². The van der Waals surface area contributed by atoms with E-state index < -0.39 is 10.0 Å². The van der Waals surface area contributed by atoms with Gasteiger partial charge in [-0.05, 0) is 38.5 Å². The van der Waals surface area contributed by atoms with Crippen molar-refractivity contribution in [2.75, 3.05) is 40.5 Å². The highest BCUT2D eigenvalue weighted by Gasteiger charge is 2.17. The third-order valence-corrected chi connectivity index (χ3v) is 5.26. The van der Waals surface area contributed by atoms with E-state index in [-0.39, 0.29) is 17.0 Å². The van der Waals surface area contributed by atoms with Gasteiger partial charge in [0, 0.05) is 33.9 Å². The van der Waals surface area contributed by atoms with Gasteiger partial charge < -0.3 is 20.1 Å². The van der Waals surface area contributed by atoms with Crippen molar-refractivity contribution < 1.29 is 17.9 Å². The maximum absolute atomic E-state index is 12.3. The van der Waals surface area contributed by atoms with Gasteiger partial charge in [0.25, 0.3) is 0 Å². The van der Waals surface area contributed by atoms with Crippen LogP contribution in [-0.4, -0.2) is 60.4 Å². The number of sulfonamides is 1. The van der Waals surface area contributed by atoms with Crippen LogP contribution in [0.15, 0.2) is 34.2 Å². The van der Waals surface area contributed by atoms with Crippen LogP contribution < -0.4 is 15.4 Å². The van der Waals surface area contributed by atoms with E-state index in [1.54, 1.807) is 25.3 Å². The molecule has 3 N–H and O–H groups in total. The van der Waals surface area contributed by atoms with Gasteiger partial charge in [-0.2, -0.15) is 0 Å². The SMILES string of the molecule is CCNC(=NCc1cccc(S(=O)(=O)NCCOC)c1)NCC(C)(C)OC. The van der Waals surface area contributed by atoms with Crippen molar-refractivity contribution in [3.05, 3.63) is 29.8 Å². The minimum atomic E-state index is -3.56. The minimum Gasteiger partial charge on any atom is -0.383 e. The minimum absolute atomic E-state index is 0.213. The predicted octanol–water partition coefficient (Wildman–Crippen LogP) is 1.09. The molecule has 8 nitrogen and oxygen atoms in total. The number of methoxy groups -OCH3 is 2. The summed E-state index contributed by atoms with van der Waals surface area (Å²) >= 11 is 0. The molecule has 0 bridgehead atoms. The van der Waals surface area contributed by atoms with Gasteiger partial charge in [-0.3, -0.25) is 0 Å². The number of hydrogen-bond acceptors (Lipinski definition) is 5.